The second-order valence-corrected chi connectivity index (χ2v) is 9.75. The molecule has 1 unspecified atom stereocenters. The van der Waals surface area contributed by atoms with Crippen LogP contribution in [0.2, 0.25) is 0 Å². The lowest BCUT2D eigenvalue weighted by atomic mass is 9.79. The van der Waals surface area contributed by atoms with E-state index in [1.807, 2.05) is 31.2 Å². The lowest BCUT2D eigenvalue weighted by Gasteiger charge is -2.33. The smallest absolute Gasteiger partial charge is 0.337 e. The van der Waals surface area contributed by atoms with Gasteiger partial charge in [0, 0.05) is 18.0 Å². The van der Waals surface area contributed by atoms with Crippen LogP contribution in [-0.4, -0.2) is 33.1 Å². The number of pyridine rings is 2. The summed E-state index contributed by atoms with van der Waals surface area (Å²) in [5, 5.41) is 15.6. The standard InChI is InChI=1S/C28H24N4O3S/c1-4-18-9-11-29-24(14-18)32-25-13-17(2)12-22(31-25)23-16-30-27(36-23)28(34)10-5-6-19-15-20(26(33)35-3)7-8-21(19)28/h1,7-9,11-16,34H,5-6,10H2,2-3H3,(H,29,31,32). The van der Waals surface area contributed by atoms with Crippen LogP contribution in [0, 0.1) is 19.3 Å². The molecule has 1 aliphatic rings. The second-order valence-electron chi connectivity index (χ2n) is 8.72. The van der Waals surface area contributed by atoms with Crippen molar-refractivity contribution < 1.29 is 14.6 Å². The number of carbonyl (C=O) groups excluding carboxylic acids is 1. The van der Waals surface area contributed by atoms with E-state index in [2.05, 4.69) is 21.2 Å². The molecule has 0 spiro atoms. The van der Waals surface area contributed by atoms with Gasteiger partial charge in [0.25, 0.3) is 0 Å². The number of methoxy groups -OCH3 is 1. The molecule has 8 heteroatoms. The molecule has 0 amide bonds. The van der Waals surface area contributed by atoms with Crippen molar-refractivity contribution >= 4 is 28.9 Å². The minimum absolute atomic E-state index is 0.389. The first-order valence-electron chi connectivity index (χ1n) is 11.5. The molecule has 1 atom stereocenters. The maximum Gasteiger partial charge on any atom is 0.337 e. The predicted octanol–water partition coefficient (Wildman–Crippen LogP) is 4.99. The van der Waals surface area contributed by atoms with Gasteiger partial charge in [-0.3, -0.25) is 0 Å². The molecule has 0 radical (unpaired) electrons. The number of nitrogens with one attached hydrogen (secondary N) is 1. The summed E-state index contributed by atoms with van der Waals surface area (Å²) in [7, 11) is 1.36. The Morgan fingerprint density at radius 1 is 1.19 bits per heavy atom. The zero-order valence-corrected chi connectivity index (χ0v) is 20.7. The largest absolute Gasteiger partial charge is 0.465 e. The van der Waals surface area contributed by atoms with Gasteiger partial charge in [0.15, 0.2) is 0 Å². The molecule has 5 rings (SSSR count). The zero-order valence-electron chi connectivity index (χ0n) is 19.9. The number of aromatic nitrogens is 3. The number of ether oxygens (including phenoxy) is 1. The molecule has 0 fully saturated rings. The van der Waals surface area contributed by atoms with Gasteiger partial charge in [-0.05, 0) is 79.3 Å². The third-order valence-electron chi connectivity index (χ3n) is 6.22. The molecule has 36 heavy (non-hydrogen) atoms. The number of benzene rings is 1. The highest BCUT2D eigenvalue weighted by atomic mass is 32.1. The first-order valence-corrected chi connectivity index (χ1v) is 12.3. The number of fused-ring (bicyclic) bond motifs is 1. The number of rotatable bonds is 5. The first-order chi connectivity index (χ1) is 17.4. The van der Waals surface area contributed by atoms with Crippen molar-refractivity contribution in [1.82, 2.24) is 15.0 Å². The average Bonchev–Trinajstić information content (AvgIpc) is 3.39. The van der Waals surface area contributed by atoms with Gasteiger partial charge in [0.05, 0.1) is 23.2 Å². The van der Waals surface area contributed by atoms with Gasteiger partial charge in [-0.2, -0.15) is 0 Å². The highest BCUT2D eigenvalue weighted by Crippen LogP contribution is 2.43. The van der Waals surface area contributed by atoms with Gasteiger partial charge < -0.3 is 15.2 Å². The van der Waals surface area contributed by atoms with Crippen molar-refractivity contribution in [3.8, 4) is 22.9 Å². The fourth-order valence-electron chi connectivity index (χ4n) is 4.50. The van der Waals surface area contributed by atoms with Crippen LogP contribution in [0.4, 0.5) is 11.6 Å². The Labute approximate surface area is 213 Å². The van der Waals surface area contributed by atoms with Gasteiger partial charge in [-0.15, -0.1) is 17.8 Å². The number of hydrogen-bond donors (Lipinski definition) is 2. The molecule has 1 aromatic carbocycles. The molecular formula is C28H24N4O3S. The molecule has 4 aromatic rings. The van der Waals surface area contributed by atoms with Gasteiger partial charge in [0.2, 0.25) is 0 Å². The molecule has 7 nitrogen and oxygen atoms in total. The topological polar surface area (TPSA) is 97.2 Å². The number of anilines is 2. The molecule has 2 N–H and O–H groups in total. The van der Waals surface area contributed by atoms with Crippen LogP contribution in [0.25, 0.3) is 10.6 Å². The number of terminal acetylenes is 1. The Kier molecular flexibility index (Phi) is 6.27. The minimum Gasteiger partial charge on any atom is -0.465 e. The zero-order chi connectivity index (χ0) is 25.3. The van der Waals surface area contributed by atoms with Crippen molar-refractivity contribution in [3.63, 3.8) is 0 Å². The molecule has 180 valence electrons. The Bertz CT molecular complexity index is 1510. The van der Waals surface area contributed by atoms with Gasteiger partial charge >= 0.3 is 5.97 Å². The average molecular weight is 497 g/mol. The Morgan fingerprint density at radius 3 is 2.86 bits per heavy atom. The Balaban J connectivity index is 1.46. The number of thiazole rings is 1. The minimum atomic E-state index is -1.23. The summed E-state index contributed by atoms with van der Waals surface area (Å²) in [6, 6.07) is 12.8. The SMILES string of the molecule is C#Cc1ccnc(Nc2cc(C)cc(-c3cnc(C4(O)CCCc5cc(C(=O)OC)ccc54)s3)n2)c1. The summed E-state index contributed by atoms with van der Waals surface area (Å²) in [5.41, 5.74) is 3.46. The van der Waals surface area contributed by atoms with Crippen molar-refractivity contribution in [2.45, 2.75) is 31.8 Å². The first kappa shape index (κ1) is 23.7. The molecular weight excluding hydrogens is 472 g/mol. The van der Waals surface area contributed by atoms with Crippen molar-refractivity contribution in [2.24, 2.45) is 0 Å². The molecule has 0 aliphatic heterocycles. The summed E-state index contributed by atoms with van der Waals surface area (Å²) in [4.78, 5) is 26.5. The predicted molar refractivity (Wildman–Crippen MR) is 139 cm³/mol. The molecule has 0 saturated heterocycles. The van der Waals surface area contributed by atoms with E-state index in [1.165, 1.54) is 18.4 Å². The highest BCUT2D eigenvalue weighted by molar-refractivity contribution is 7.15. The van der Waals surface area contributed by atoms with Crippen LogP contribution in [0.1, 0.15) is 50.5 Å². The maximum atomic E-state index is 12.0. The molecule has 3 heterocycles. The fraction of sp³-hybridized carbons (Fsp3) is 0.214. The van der Waals surface area contributed by atoms with Gasteiger partial charge in [0.1, 0.15) is 22.2 Å². The molecule has 0 saturated carbocycles. The van der Waals surface area contributed by atoms with E-state index in [-0.39, 0.29) is 5.97 Å². The van der Waals surface area contributed by atoms with Crippen LogP contribution < -0.4 is 5.32 Å². The second kappa shape index (κ2) is 9.53. The molecule has 1 aliphatic carbocycles. The molecule has 0 bridgehead atoms. The van der Waals surface area contributed by atoms with Crippen LogP contribution in [0.5, 0.6) is 0 Å². The van der Waals surface area contributed by atoms with E-state index in [0.29, 0.717) is 28.6 Å². The number of carbonyl (C=O) groups is 1. The van der Waals surface area contributed by atoms with E-state index in [9.17, 15) is 9.90 Å². The lowest BCUT2D eigenvalue weighted by Crippen LogP contribution is -2.32. The number of hydrogen-bond acceptors (Lipinski definition) is 8. The van der Waals surface area contributed by atoms with Crippen LogP contribution in [0.15, 0.2) is 54.9 Å². The fourth-order valence-corrected chi connectivity index (χ4v) is 5.51. The Hall–Kier alpha value is -4.06. The van der Waals surface area contributed by atoms with E-state index in [1.54, 1.807) is 30.6 Å². The van der Waals surface area contributed by atoms with E-state index in [0.717, 1.165) is 45.7 Å². The third kappa shape index (κ3) is 4.47. The number of esters is 1. The summed E-state index contributed by atoms with van der Waals surface area (Å²) in [6.07, 6.45) is 11.0. The van der Waals surface area contributed by atoms with Crippen LogP contribution in [0.3, 0.4) is 0 Å². The normalized spacial score (nSPS) is 16.6. The number of aliphatic hydroxyl groups is 1. The van der Waals surface area contributed by atoms with Crippen molar-refractivity contribution in [1.29, 1.82) is 0 Å². The third-order valence-corrected chi connectivity index (χ3v) is 7.39. The van der Waals surface area contributed by atoms with Crippen molar-refractivity contribution in [3.05, 3.63) is 87.7 Å². The number of nitrogens with zero attached hydrogens (tertiary/aromatic N) is 3. The van der Waals surface area contributed by atoms with Crippen molar-refractivity contribution in [2.75, 3.05) is 12.4 Å². The highest BCUT2D eigenvalue weighted by Gasteiger charge is 2.39. The van der Waals surface area contributed by atoms with Gasteiger partial charge in [-0.1, -0.05) is 12.0 Å². The lowest BCUT2D eigenvalue weighted by molar-refractivity contribution is 0.0583. The maximum absolute atomic E-state index is 12.0. The van der Waals surface area contributed by atoms with Gasteiger partial charge in [-0.25, -0.2) is 19.7 Å². The molecule has 3 aromatic heterocycles. The van der Waals surface area contributed by atoms with Crippen LogP contribution >= 0.6 is 11.3 Å². The summed E-state index contributed by atoms with van der Waals surface area (Å²) < 4.78 is 4.85. The van der Waals surface area contributed by atoms with Crippen LogP contribution in [-0.2, 0) is 16.8 Å². The number of aryl methyl sites for hydroxylation is 2. The van der Waals surface area contributed by atoms with E-state index in [4.69, 9.17) is 16.1 Å². The summed E-state index contributed by atoms with van der Waals surface area (Å²) in [5.74, 6) is 3.46. The van der Waals surface area contributed by atoms with E-state index < -0.39 is 5.60 Å². The summed E-state index contributed by atoms with van der Waals surface area (Å²) in [6.45, 7) is 1.99. The quantitative estimate of drug-likeness (QED) is 0.297. The van der Waals surface area contributed by atoms with E-state index >= 15 is 0 Å². The Morgan fingerprint density at radius 2 is 2.06 bits per heavy atom. The monoisotopic (exact) mass is 496 g/mol. The summed E-state index contributed by atoms with van der Waals surface area (Å²) >= 11 is 1.41.